The zero-order valence-corrected chi connectivity index (χ0v) is 11.4. The highest BCUT2D eigenvalue weighted by molar-refractivity contribution is 7.99. The van der Waals surface area contributed by atoms with Gasteiger partial charge in [0.2, 0.25) is 5.91 Å². The molecule has 0 aliphatic carbocycles. The summed E-state index contributed by atoms with van der Waals surface area (Å²) in [5, 5.41) is 13.3. The summed E-state index contributed by atoms with van der Waals surface area (Å²) in [6.07, 6.45) is 0. The number of aliphatic hydroxyl groups excluding tert-OH is 1. The van der Waals surface area contributed by atoms with Crippen LogP contribution in [0.2, 0.25) is 0 Å². The highest BCUT2D eigenvalue weighted by Crippen LogP contribution is 2.15. The van der Waals surface area contributed by atoms with Gasteiger partial charge in [0, 0.05) is 11.1 Å². The Kier molecular flexibility index (Phi) is 5.97. The van der Waals surface area contributed by atoms with Crippen LogP contribution in [0.25, 0.3) is 0 Å². The molecule has 2 N–H and O–H groups in total. The van der Waals surface area contributed by atoms with Crippen molar-refractivity contribution >= 4 is 29.0 Å². The fourth-order valence-corrected chi connectivity index (χ4v) is 2.52. The predicted octanol–water partition coefficient (Wildman–Crippen LogP) is 1.43. The van der Waals surface area contributed by atoms with Gasteiger partial charge >= 0.3 is 0 Å². The number of thioether (sulfide) groups is 1. The van der Waals surface area contributed by atoms with Crippen molar-refractivity contribution in [3.05, 3.63) is 16.1 Å². The second-order valence-corrected chi connectivity index (χ2v) is 5.69. The summed E-state index contributed by atoms with van der Waals surface area (Å²) < 4.78 is 25.2. The van der Waals surface area contributed by atoms with E-state index in [1.165, 1.54) is 23.1 Å². The molecule has 1 heterocycles. The van der Waals surface area contributed by atoms with E-state index in [0.717, 1.165) is 10.7 Å². The van der Waals surface area contributed by atoms with Crippen molar-refractivity contribution in [2.24, 2.45) is 0 Å². The summed E-state index contributed by atoms with van der Waals surface area (Å²) in [7, 11) is 0. The Morgan fingerprint density at radius 3 is 2.94 bits per heavy atom. The third kappa shape index (κ3) is 5.74. The fourth-order valence-electron chi connectivity index (χ4n) is 1.06. The standard InChI is InChI=1S/C10H14F2N2O2S2/c1-7-14-8(3-18-7)2-17-4-9(16)13-5-10(11,12)6-15/h3,15H,2,4-6H2,1H3,(H,13,16). The lowest BCUT2D eigenvalue weighted by atomic mass is 10.3. The lowest BCUT2D eigenvalue weighted by Crippen LogP contribution is -2.39. The van der Waals surface area contributed by atoms with Crippen LogP contribution in [0.1, 0.15) is 10.7 Å². The Morgan fingerprint density at radius 1 is 1.67 bits per heavy atom. The lowest BCUT2D eigenvalue weighted by molar-refractivity contribution is -0.121. The highest BCUT2D eigenvalue weighted by atomic mass is 32.2. The summed E-state index contributed by atoms with van der Waals surface area (Å²) >= 11 is 2.84. The second-order valence-electron chi connectivity index (χ2n) is 3.64. The number of nitrogens with zero attached hydrogens (tertiary/aromatic N) is 1. The van der Waals surface area contributed by atoms with Crippen LogP contribution in [0.3, 0.4) is 0 Å². The Bertz CT molecular complexity index is 399. The molecular weight excluding hydrogens is 282 g/mol. The molecule has 102 valence electrons. The summed E-state index contributed by atoms with van der Waals surface area (Å²) in [5.74, 6) is -3.06. The number of alkyl halides is 2. The molecule has 0 aliphatic heterocycles. The first-order valence-electron chi connectivity index (χ1n) is 5.17. The van der Waals surface area contributed by atoms with E-state index in [9.17, 15) is 13.6 Å². The van der Waals surface area contributed by atoms with Gasteiger partial charge < -0.3 is 10.4 Å². The molecule has 0 aliphatic rings. The minimum atomic E-state index is -3.26. The average Bonchev–Trinajstić information content (AvgIpc) is 2.73. The summed E-state index contributed by atoms with van der Waals surface area (Å²) in [4.78, 5) is 15.5. The van der Waals surface area contributed by atoms with Gasteiger partial charge in [-0.1, -0.05) is 0 Å². The Labute approximate surface area is 112 Å². The van der Waals surface area contributed by atoms with Crippen molar-refractivity contribution in [2.45, 2.75) is 18.6 Å². The number of amides is 1. The SMILES string of the molecule is Cc1nc(CSCC(=O)NCC(F)(F)CO)cs1. The molecule has 0 atom stereocenters. The number of carbonyl (C=O) groups excluding carboxylic acids is 1. The predicted molar refractivity (Wildman–Crippen MR) is 68.1 cm³/mol. The highest BCUT2D eigenvalue weighted by Gasteiger charge is 2.27. The number of nitrogens with one attached hydrogen (secondary N) is 1. The van der Waals surface area contributed by atoms with Gasteiger partial charge in [0.15, 0.2) is 0 Å². The van der Waals surface area contributed by atoms with E-state index < -0.39 is 25.0 Å². The molecule has 18 heavy (non-hydrogen) atoms. The molecular formula is C10H14F2N2O2S2. The van der Waals surface area contributed by atoms with Gasteiger partial charge in [0.05, 0.1) is 23.0 Å². The normalized spacial score (nSPS) is 11.6. The molecule has 0 saturated carbocycles. The monoisotopic (exact) mass is 296 g/mol. The van der Waals surface area contributed by atoms with E-state index in [-0.39, 0.29) is 5.75 Å². The number of halogens is 2. The first-order chi connectivity index (χ1) is 8.43. The van der Waals surface area contributed by atoms with Gasteiger partial charge in [-0.25, -0.2) is 13.8 Å². The maximum absolute atomic E-state index is 12.6. The van der Waals surface area contributed by atoms with Crippen LogP contribution in [0.4, 0.5) is 8.78 Å². The maximum Gasteiger partial charge on any atom is 0.287 e. The zero-order chi connectivity index (χ0) is 13.6. The third-order valence-electron chi connectivity index (χ3n) is 1.93. The fraction of sp³-hybridized carbons (Fsp3) is 0.600. The molecule has 0 unspecified atom stereocenters. The summed E-state index contributed by atoms with van der Waals surface area (Å²) in [6.45, 7) is -0.209. The largest absolute Gasteiger partial charge is 0.390 e. The molecule has 1 rings (SSSR count). The van der Waals surface area contributed by atoms with Gasteiger partial charge in [-0.2, -0.15) is 0 Å². The molecule has 0 spiro atoms. The minimum absolute atomic E-state index is 0.0953. The summed E-state index contributed by atoms with van der Waals surface area (Å²) in [5.41, 5.74) is 0.885. The Balaban J connectivity index is 2.18. The first kappa shape index (κ1) is 15.3. The van der Waals surface area contributed by atoms with Crippen LogP contribution in [-0.4, -0.2) is 40.8 Å². The lowest BCUT2D eigenvalue weighted by Gasteiger charge is -2.13. The molecule has 0 saturated heterocycles. The quantitative estimate of drug-likeness (QED) is 0.799. The number of hydrogen-bond acceptors (Lipinski definition) is 5. The number of aromatic nitrogens is 1. The van der Waals surface area contributed by atoms with E-state index >= 15 is 0 Å². The Morgan fingerprint density at radius 2 is 2.39 bits per heavy atom. The number of aryl methyl sites for hydroxylation is 1. The summed E-state index contributed by atoms with van der Waals surface area (Å²) in [6, 6.07) is 0. The molecule has 0 radical (unpaired) electrons. The van der Waals surface area contributed by atoms with Crippen molar-refractivity contribution in [3.63, 3.8) is 0 Å². The molecule has 0 fully saturated rings. The topological polar surface area (TPSA) is 62.2 Å². The van der Waals surface area contributed by atoms with Gasteiger partial charge in [-0.15, -0.1) is 23.1 Å². The molecule has 1 aromatic heterocycles. The molecule has 4 nitrogen and oxygen atoms in total. The molecule has 0 aromatic carbocycles. The van der Waals surface area contributed by atoms with Crippen LogP contribution in [0.15, 0.2) is 5.38 Å². The van der Waals surface area contributed by atoms with Gasteiger partial charge in [-0.3, -0.25) is 4.79 Å². The minimum Gasteiger partial charge on any atom is -0.390 e. The van der Waals surface area contributed by atoms with Crippen molar-refractivity contribution in [1.82, 2.24) is 10.3 Å². The molecule has 8 heteroatoms. The van der Waals surface area contributed by atoms with Crippen LogP contribution < -0.4 is 5.32 Å². The first-order valence-corrected chi connectivity index (χ1v) is 7.20. The number of carbonyl (C=O) groups is 1. The van der Waals surface area contributed by atoms with Crippen molar-refractivity contribution in [3.8, 4) is 0 Å². The van der Waals surface area contributed by atoms with Crippen LogP contribution in [-0.2, 0) is 10.5 Å². The van der Waals surface area contributed by atoms with E-state index in [4.69, 9.17) is 5.11 Å². The maximum atomic E-state index is 12.6. The van der Waals surface area contributed by atoms with E-state index in [1.807, 2.05) is 12.3 Å². The van der Waals surface area contributed by atoms with Crippen molar-refractivity contribution in [2.75, 3.05) is 18.9 Å². The number of thiazole rings is 1. The van der Waals surface area contributed by atoms with Gasteiger partial charge in [0.25, 0.3) is 5.92 Å². The Hall–Kier alpha value is -0.730. The third-order valence-corrected chi connectivity index (χ3v) is 3.71. The number of aliphatic hydroxyl groups is 1. The van der Waals surface area contributed by atoms with E-state index in [2.05, 4.69) is 10.3 Å². The number of hydrogen-bond donors (Lipinski definition) is 2. The van der Waals surface area contributed by atoms with Crippen molar-refractivity contribution < 1.29 is 18.7 Å². The smallest absolute Gasteiger partial charge is 0.287 e. The van der Waals surface area contributed by atoms with Crippen LogP contribution >= 0.6 is 23.1 Å². The van der Waals surface area contributed by atoms with Crippen LogP contribution in [0, 0.1) is 6.92 Å². The van der Waals surface area contributed by atoms with E-state index in [0.29, 0.717) is 5.75 Å². The second kappa shape index (κ2) is 7.01. The number of rotatable bonds is 7. The molecule has 1 aromatic rings. The van der Waals surface area contributed by atoms with Crippen LogP contribution in [0.5, 0.6) is 0 Å². The van der Waals surface area contributed by atoms with E-state index in [1.54, 1.807) is 0 Å². The van der Waals surface area contributed by atoms with Gasteiger partial charge in [-0.05, 0) is 6.92 Å². The average molecular weight is 296 g/mol. The van der Waals surface area contributed by atoms with Crippen molar-refractivity contribution in [1.29, 1.82) is 0 Å². The van der Waals surface area contributed by atoms with Gasteiger partial charge in [0.1, 0.15) is 6.61 Å². The molecule has 1 amide bonds. The zero-order valence-electron chi connectivity index (χ0n) is 9.78. The molecule has 0 bridgehead atoms.